The Labute approximate surface area is 104 Å². The standard InChI is InChI=1S/C15H21NO/c1-12-13(2)16(11-9-15(12)17)10-8-14-6-4-3-5-7-14/h3-7,12-13H,8-11H2,1-2H3/t12-,13-/m1/s1. The summed E-state index contributed by atoms with van der Waals surface area (Å²) in [5, 5.41) is 0. The topological polar surface area (TPSA) is 20.3 Å². The molecule has 0 radical (unpaired) electrons. The second-order valence-electron chi connectivity index (χ2n) is 5.02. The smallest absolute Gasteiger partial charge is 0.138 e. The highest BCUT2D eigenvalue weighted by Crippen LogP contribution is 2.20. The molecule has 2 nitrogen and oxygen atoms in total. The molecule has 0 spiro atoms. The summed E-state index contributed by atoms with van der Waals surface area (Å²) in [5.74, 6) is 0.619. The molecule has 92 valence electrons. The van der Waals surface area contributed by atoms with E-state index in [0.29, 0.717) is 11.8 Å². The van der Waals surface area contributed by atoms with Crippen LogP contribution in [0.25, 0.3) is 0 Å². The Morgan fingerprint density at radius 3 is 2.65 bits per heavy atom. The molecule has 1 aromatic rings. The minimum atomic E-state index is 0.194. The maximum Gasteiger partial charge on any atom is 0.138 e. The Bertz CT molecular complexity index is 374. The lowest BCUT2D eigenvalue weighted by molar-refractivity contribution is -0.127. The van der Waals surface area contributed by atoms with E-state index in [0.717, 1.165) is 25.9 Å². The van der Waals surface area contributed by atoms with Gasteiger partial charge in [0.1, 0.15) is 5.78 Å². The lowest BCUT2D eigenvalue weighted by Crippen LogP contribution is -2.47. The quantitative estimate of drug-likeness (QED) is 0.796. The number of Topliss-reactive ketones (excluding diaryl/α,β-unsaturated/α-hetero) is 1. The van der Waals surface area contributed by atoms with Crippen LogP contribution in [0.1, 0.15) is 25.8 Å². The van der Waals surface area contributed by atoms with Gasteiger partial charge < -0.3 is 0 Å². The van der Waals surface area contributed by atoms with Crippen molar-refractivity contribution in [2.45, 2.75) is 32.7 Å². The van der Waals surface area contributed by atoms with Gasteiger partial charge >= 0.3 is 0 Å². The number of carbonyl (C=O) groups is 1. The average molecular weight is 231 g/mol. The second-order valence-corrected chi connectivity index (χ2v) is 5.02. The Morgan fingerprint density at radius 2 is 1.94 bits per heavy atom. The van der Waals surface area contributed by atoms with Crippen LogP contribution in [0, 0.1) is 5.92 Å². The fourth-order valence-corrected chi connectivity index (χ4v) is 2.50. The summed E-state index contributed by atoms with van der Waals surface area (Å²) < 4.78 is 0. The molecule has 0 aromatic heterocycles. The highest BCUT2D eigenvalue weighted by atomic mass is 16.1. The van der Waals surface area contributed by atoms with Crippen LogP contribution >= 0.6 is 0 Å². The largest absolute Gasteiger partial charge is 0.299 e. The van der Waals surface area contributed by atoms with Crippen molar-refractivity contribution < 1.29 is 4.79 Å². The number of hydrogen-bond acceptors (Lipinski definition) is 2. The van der Waals surface area contributed by atoms with Gasteiger partial charge in [-0.15, -0.1) is 0 Å². The van der Waals surface area contributed by atoms with E-state index in [4.69, 9.17) is 0 Å². The maximum absolute atomic E-state index is 11.6. The van der Waals surface area contributed by atoms with Gasteiger partial charge in [0.2, 0.25) is 0 Å². The molecule has 1 aliphatic rings. The van der Waals surface area contributed by atoms with Crippen LogP contribution in [0.5, 0.6) is 0 Å². The van der Waals surface area contributed by atoms with Crippen molar-refractivity contribution in [3.8, 4) is 0 Å². The maximum atomic E-state index is 11.6. The van der Waals surface area contributed by atoms with Gasteiger partial charge in [0.25, 0.3) is 0 Å². The zero-order chi connectivity index (χ0) is 12.3. The molecule has 2 heteroatoms. The predicted octanol–water partition coefficient (Wildman–Crippen LogP) is 2.53. The van der Waals surface area contributed by atoms with Crippen LogP contribution in [-0.2, 0) is 11.2 Å². The van der Waals surface area contributed by atoms with Crippen LogP contribution in [0.2, 0.25) is 0 Å². The molecule has 0 unspecified atom stereocenters. The van der Waals surface area contributed by atoms with Crippen molar-refractivity contribution in [3.05, 3.63) is 35.9 Å². The van der Waals surface area contributed by atoms with E-state index in [2.05, 4.69) is 43.0 Å². The Hall–Kier alpha value is -1.15. The summed E-state index contributed by atoms with van der Waals surface area (Å²) in [7, 11) is 0. The molecule has 0 aliphatic carbocycles. The number of benzene rings is 1. The number of ketones is 1. The molecular weight excluding hydrogens is 210 g/mol. The van der Waals surface area contributed by atoms with E-state index < -0.39 is 0 Å². The van der Waals surface area contributed by atoms with Crippen LogP contribution in [0.3, 0.4) is 0 Å². The lowest BCUT2D eigenvalue weighted by Gasteiger charge is -2.36. The first-order valence-corrected chi connectivity index (χ1v) is 6.49. The minimum absolute atomic E-state index is 0.194. The van der Waals surface area contributed by atoms with E-state index in [-0.39, 0.29) is 5.92 Å². The third-order valence-electron chi connectivity index (χ3n) is 3.98. The molecule has 2 atom stereocenters. The number of likely N-dealkylation sites (tertiary alicyclic amines) is 1. The summed E-state index contributed by atoms with van der Waals surface area (Å²) in [6.07, 6.45) is 1.80. The number of rotatable bonds is 3. The van der Waals surface area contributed by atoms with Crippen molar-refractivity contribution in [1.29, 1.82) is 0 Å². The molecule has 0 saturated carbocycles. The van der Waals surface area contributed by atoms with E-state index in [1.165, 1.54) is 5.56 Å². The monoisotopic (exact) mass is 231 g/mol. The molecule has 0 bridgehead atoms. The fourth-order valence-electron chi connectivity index (χ4n) is 2.50. The molecule has 1 aromatic carbocycles. The zero-order valence-electron chi connectivity index (χ0n) is 10.7. The number of nitrogens with zero attached hydrogens (tertiary/aromatic N) is 1. The highest BCUT2D eigenvalue weighted by Gasteiger charge is 2.30. The summed E-state index contributed by atoms with van der Waals surface area (Å²) in [6.45, 7) is 6.22. The van der Waals surface area contributed by atoms with E-state index in [9.17, 15) is 4.79 Å². The first-order valence-electron chi connectivity index (χ1n) is 6.49. The minimum Gasteiger partial charge on any atom is -0.299 e. The van der Waals surface area contributed by atoms with Crippen LogP contribution in [0.4, 0.5) is 0 Å². The molecule has 1 heterocycles. The summed E-state index contributed by atoms with van der Waals surface area (Å²) in [6, 6.07) is 10.9. The van der Waals surface area contributed by atoms with Crippen LogP contribution in [0.15, 0.2) is 30.3 Å². The van der Waals surface area contributed by atoms with Gasteiger partial charge in [0.15, 0.2) is 0 Å². The van der Waals surface area contributed by atoms with Gasteiger partial charge in [-0.1, -0.05) is 37.3 Å². The molecule has 17 heavy (non-hydrogen) atoms. The van der Waals surface area contributed by atoms with E-state index in [1.54, 1.807) is 0 Å². The molecule has 2 rings (SSSR count). The molecular formula is C15H21NO. The predicted molar refractivity (Wildman–Crippen MR) is 70.0 cm³/mol. The number of carbonyl (C=O) groups excluding carboxylic acids is 1. The third-order valence-corrected chi connectivity index (χ3v) is 3.98. The highest BCUT2D eigenvalue weighted by molar-refractivity contribution is 5.82. The van der Waals surface area contributed by atoms with E-state index in [1.807, 2.05) is 6.07 Å². The number of piperidine rings is 1. The normalized spacial score (nSPS) is 26.1. The van der Waals surface area contributed by atoms with Crippen molar-refractivity contribution in [2.75, 3.05) is 13.1 Å². The Kier molecular flexibility index (Phi) is 3.95. The second kappa shape index (κ2) is 5.46. The number of hydrogen-bond donors (Lipinski definition) is 0. The van der Waals surface area contributed by atoms with Crippen molar-refractivity contribution in [1.82, 2.24) is 4.90 Å². The van der Waals surface area contributed by atoms with Crippen molar-refractivity contribution in [3.63, 3.8) is 0 Å². The van der Waals surface area contributed by atoms with Crippen LogP contribution in [-0.4, -0.2) is 29.8 Å². The van der Waals surface area contributed by atoms with Gasteiger partial charge in [-0.3, -0.25) is 9.69 Å². The molecule has 1 aliphatic heterocycles. The summed E-state index contributed by atoms with van der Waals surface area (Å²) >= 11 is 0. The van der Waals surface area contributed by atoms with Gasteiger partial charge in [0.05, 0.1) is 0 Å². The fraction of sp³-hybridized carbons (Fsp3) is 0.533. The van der Waals surface area contributed by atoms with Crippen LogP contribution < -0.4 is 0 Å². The summed E-state index contributed by atoms with van der Waals surface area (Å²) in [5.41, 5.74) is 1.38. The summed E-state index contributed by atoms with van der Waals surface area (Å²) in [4.78, 5) is 14.0. The zero-order valence-corrected chi connectivity index (χ0v) is 10.7. The SMILES string of the molecule is C[C@@H]1[C@@H](C)C(=O)CCN1CCc1ccccc1. The van der Waals surface area contributed by atoms with Gasteiger partial charge in [-0.05, 0) is 18.9 Å². The first-order chi connectivity index (χ1) is 8.18. The van der Waals surface area contributed by atoms with E-state index >= 15 is 0 Å². The average Bonchev–Trinajstić information content (AvgIpc) is 2.36. The lowest BCUT2D eigenvalue weighted by atomic mass is 9.90. The first kappa shape index (κ1) is 12.3. The van der Waals surface area contributed by atoms with Gasteiger partial charge in [-0.25, -0.2) is 0 Å². The van der Waals surface area contributed by atoms with Gasteiger partial charge in [0, 0.05) is 31.5 Å². The Balaban J connectivity index is 1.89. The van der Waals surface area contributed by atoms with Gasteiger partial charge in [-0.2, -0.15) is 0 Å². The molecule has 0 N–H and O–H groups in total. The third kappa shape index (κ3) is 2.95. The van der Waals surface area contributed by atoms with Crippen molar-refractivity contribution >= 4 is 5.78 Å². The molecule has 0 amide bonds. The Morgan fingerprint density at radius 1 is 1.24 bits per heavy atom. The molecule has 1 fully saturated rings. The molecule has 1 saturated heterocycles. The van der Waals surface area contributed by atoms with Crippen molar-refractivity contribution in [2.24, 2.45) is 5.92 Å².